The Kier molecular flexibility index (Phi) is 3.69. The topological polar surface area (TPSA) is 38.1 Å². The monoisotopic (exact) mass is 282 g/mol. The van der Waals surface area contributed by atoms with Gasteiger partial charge in [-0.1, -0.05) is 0 Å². The van der Waals surface area contributed by atoms with E-state index in [1.54, 1.807) is 24.5 Å². The molecule has 0 atom stereocenters. The summed E-state index contributed by atoms with van der Waals surface area (Å²) in [4.78, 5) is 4.09. The summed E-state index contributed by atoms with van der Waals surface area (Å²) in [6, 6.07) is 12.0. The lowest BCUT2D eigenvalue weighted by molar-refractivity contribution is 0.531. The van der Waals surface area contributed by atoms with Crippen LogP contribution in [0, 0.1) is 12.7 Å². The minimum absolute atomic E-state index is 0.251. The molecule has 106 valence electrons. The van der Waals surface area contributed by atoms with Crippen molar-refractivity contribution in [2.24, 2.45) is 0 Å². The van der Waals surface area contributed by atoms with Gasteiger partial charge in [-0.05, 0) is 55.0 Å². The summed E-state index contributed by atoms with van der Waals surface area (Å²) in [6.45, 7) is 2.60. The predicted octanol–water partition coefficient (Wildman–Crippen LogP) is 4.40. The largest absolute Gasteiger partial charge is 0.459 e. The van der Waals surface area contributed by atoms with Gasteiger partial charge in [-0.3, -0.25) is 4.98 Å². The number of rotatable bonds is 4. The third-order valence-corrected chi connectivity index (χ3v) is 3.28. The van der Waals surface area contributed by atoms with Crippen LogP contribution in [0.2, 0.25) is 0 Å². The number of nitrogens with zero attached hydrogens (tertiary/aromatic N) is 1. The van der Waals surface area contributed by atoms with Gasteiger partial charge >= 0.3 is 0 Å². The van der Waals surface area contributed by atoms with E-state index in [1.165, 1.54) is 12.1 Å². The van der Waals surface area contributed by atoms with Crippen molar-refractivity contribution in [3.8, 4) is 11.3 Å². The van der Waals surface area contributed by atoms with Crippen LogP contribution >= 0.6 is 0 Å². The SMILES string of the molecule is Cc1ccncc1NCc1ccc(-c2ccc(F)cc2)o1. The van der Waals surface area contributed by atoms with Crippen molar-refractivity contribution >= 4 is 5.69 Å². The van der Waals surface area contributed by atoms with Gasteiger partial charge in [-0.15, -0.1) is 0 Å². The molecule has 0 spiro atoms. The third kappa shape index (κ3) is 3.11. The van der Waals surface area contributed by atoms with Crippen molar-refractivity contribution in [3.05, 3.63) is 72.0 Å². The summed E-state index contributed by atoms with van der Waals surface area (Å²) >= 11 is 0. The highest BCUT2D eigenvalue weighted by Gasteiger charge is 2.05. The van der Waals surface area contributed by atoms with Gasteiger partial charge in [0.1, 0.15) is 17.3 Å². The number of halogens is 1. The molecule has 1 N–H and O–H groups in total. The maximum Gasteiger partial charge on any atom is 0.134 e. The second-order valence-corrected chi connectivity index (χ2v) is 4.82. The standard InChI is InChI=1S/C17H15FN2O/c1-12-8-9-19-11-16(12)20-10-15-6-7-17(21-15)13-2-4-14(18)5-3-13/h2-9,11,20H,10H2,1H3. The first-order chi connectivity index (χ1) is 10.2. The van der Waals surface area contributed by atoms with Crippen LogP contribution in [0.5, 0.6) is 0 Å². The number of aromatic nitrogens is 1. The third-order valence-electron chi connectivity index (χ3n) is 3.28. The molecule has 1 aromatic carbocycles. The van der Waals surface area contributed by atoms with Gasteiger partial charge in [-0.2, -0.15) is 0 Å². The number of furan rings is 1. The van der Waals surface area contributed by atoms with Crippen LogP contribution in [0.3, 0.4) is 0 Å². The molecule has 0 saturated carbocycles. The molecule has 0 aliphatic carbocycles. The van der Waals surface area contributed by atoms with E-state index in [9.17, 15) is 4.39 Å². The predicted molar refractivity (Wildman–Crippen MR) is 80.4 cm³/mol. The van der Waals surface area contributed by atoms with Crippen LogP contribution in [0.25, 0.3) is 11.3 Å². The second-order valence-electron chi connectivity index (χ2n) is 4.82. The molecule has 3 aromatic rings. The van der Waals surface area contributed by atoms with Crippen LogP contribution in [0.1, 0.15) is 11.3 Å². The quantitative estimate of drug-likeness (QED) is 0.770. The van der Waals surface area contributed by atoms with Crippen LogP contribution in [-0.2, 0) is 6.54 Å². The van der Waals surface area contributed by atoms with Crippen molar-refractivity contribution in [1.29, 1.82) is 0 Å². The Hall–Kier alpha value is -2.62. The Bertz CT molecular complexity index is 735. The summed E-state index contributed by atoms with van der Waals surface area (Å²) in [5.41, 5.74) is 2.98. The van der Waals surface area contributed by atoms with Crippen molar-refractivity contribution < 1.29 is 8.81 Å². The molecule has 0 unspecified atom stereocenters. The molecular formula is C17H15FN2O. The van der Waals surface area contributed by atoms with E-state index >= 15 is 0 Å². The van der Waals surface area contributed by atoms with Gasteiger partial charge in [0.2, 0.25) is 0 Å². The fourth-order valence-corrected chi connectivity index (χ4v) is 2.07. The molecule has 0 saturated heterocycles. The zero-order valence-electron chi connectivity index (χ0n) is 11.6. The molecule has 2 heterocycles. The van der Waals surface area contributed by atoms with Gasteiger partial charge in [-0.25, -0.2) is 4.39 Å². The first-order valence-corrected chi connectivity index (χ1v) is 6.71. The van der Waals surface area contributed by atoms with Gasteiger partial charge in [0.25, 0.3) is 0 Å². The zero-order chi connectivity index (χ0) is 14.7. The van der Waals surface area contributed by atoms with E-state index in [0.29, 0.717) is 6.54 Å². The van der Waals surface area contributed by atoms with E-state index in [4.69, 9.17) is 4.42 Å². The Morgan fingerprint density at radius 1 is 1.10 bits per heavy atom. The van der Waals surface area contributed by atoms with Gasteiger partial charge in [0, 0.05) is 11.8 Å². The van der Waals surface area contributed by atoms with Gasteiger partial charge in [0.15, 0.2) is 0 Å². The second kappa shape index (κ2) is 5.79. The maximum absolute atomic E-state index is 12.9. The Balaban J connectivity index is 1.71. The molecule has 2 aromatic heterocycles. The highest BCUT2D eigenvalue weighted by Crippen LogP contribution is 2.23. The molecule has 0 radical (unpaired) electrons. The fourth-order valence-electron chi connectivity index (χ4n) is 2.07. The number of benzene rings is 1. The van der Waals surface area contributed by atoms with Crippen LogP contribution in [0.4, 0.5) is 10.1 Å². The Morgan fingerprint density at radius 3 is 2.67 bits per heavy atom. The summed E-state index contributed by atoms with van der Waals surface area (Å²) in [5.74, 6) is 1.30. The number of hydrogen-bond donors (Lipinski definition) is 1. The first kappa shape index (κ1) is 13.4. The highest BCUT2D eigenvalue weighted by atomic mass is 19.1. The van der Waals surface area contributed by atoms with Gasteiger partial charge in [0.05, 0.1) is 18.4 Å². The normalized spacial score (nSPS) is 10.6. The number of aryl methyl sites for hydroxylation is 1. The maximum atomic E-state index is 12.9. The fraction of sp³-hybridized carbons (Fsp3) is 0.118. The van der Waals surface area contributed by atoms with E-state index in [1.807, 2.05) is 25.1 Å². The lowest BCUT2D eigenvalue weighted by Crippen LogP contribution is -2.00. The Labute approximate surface area is 122 Å². The molecule has 3 rings (SSSR count). The average Bonchev–Trinajstić information content (AvgIpc) is 2.96. The van der Waals surface area contributed by atoms with Crippen molar-refractivity contribution in [1.82, 2.24) is 4.98 Å². The number of anilines is 1. The summed E-state index contributed by atoms with van der Waals surface area (Å²) in [5, 5.41) is 3.29. The molecule has 3 nitrogen and oxygen atoms in total. The van der Waals surface area contributed by atoms with E-state index in [-0.39, 0.29) is 5.82 Å². The highest BCUT2D eigenvalue weighted by molar-refractivity contribution is 5.57. The molecule has 0 bridgehead atoms. The molecule has 0 amide bonds. The van der Waals surface area contributed by atoms with Crippen molar-refractivity contribution in [2.45, 2.75) is 13.5 Å². The van der Waals surface area contributed by atoms with Crippen molar-refractivity contribution in [2.75, 3.05) is 5.32 Å². The minimum atomic E-state index is -0.251. The average molecular weight is 282 g/mol. The van der Waals surface area contributed by atoms with Crippen molar-refractivity contribution in [3.63, 3.8) is 0 Å². The zero-order valence-corrected chi connectivity index (χ0v) is 11.6. The molecule has 4 heteroatoms. The van der Waals surface area contributed by atoms with E-state index < -0.39 is 0 Å². The smallest absolute Gasteiger partial charge is 0.134 e. The number of hydrogen-bond acceptors (Lipinski definition) is 3. The first-order valence-electron chi connectivity index (χ1n) is 6.71. The lowest BCUT2D eigenvalue weighted by atomic mass is 10.2. The minimum Gasteiger partial charge on any atom is -0.459 e. The van der Waals surface area contributed by atoms with Crippen LogP contribution in [0.15, 0.2) is 59.3 Å². The number of nitrogens with one attached hydrogen (secondary N) is 1. The summed E-state index contributed by atoms with van der Waals surface area (Å²) in [7, 11) is 0. The molecule has 21 heavy (non-hydrogen) atoms. The van der Waals surface area contributed by atoms with Crippen LogP contribution < -0.4 is 5.32 Å². The Morgan fingerprint density at radius 2 is 1.90 bits per heavy atom. The number of pyridine rings is 1. The molecule has 0 fully saturated rings. The molecular weight excluding hydrogens is 267 g/mol. The van der Waals surface area contributed by atoms with Crippen LogP contribution in [-0.4, -0.2) is 4.98 Å². The van der Waals surface area contributed by atoms with E-state index in [2.05, 4.69) is 10.3 Å². The lowest BCUT2D eigenvalue weighted by Gasteiger charge is -2.06. The molecule has 0 aliphatic heterocycles. The van der Waals surface area contributed by atoms with Gasteiger partial charge < -0.3 is 9.73 Å². The summed E-state index contributed by atoms with van der Waals surface area (Å²) < 4.78 is 18.7. The molecule has 0 aliphatic rings. The van der Waals surface area contributed by atoms with E-state index in [0.717, 1.165) is 28.3 Å². The summed E-state index contributed by atoms with van der Waals surface area (Å²) in [6.07, 6.45) is 3.55.